The van der Waals surface area contributed by atoms with E-state index in [1.165, 1.54) is 17.1 Å². The maximum Gasteiger partial charge on any atom is 0.116 e. The molecule has 20 heavy (non-hydrogen) atoms. The quantitative estimate of drug-likeness (QED) is 0.929. The molecule has 5 nitrogen and oxygen atoms in total. The maximum absolute atomic E-state index is 4.87. The average molecular weight is 273 g/mol. The topological polar surface area (TPSA) is 47.7 Å². The number of aromatic nitrogens is 4. The van der Waals surface area contributed by atoms with Gasteiger partial charge in [0.1, 0.15) is 5.82 Å². The molecule has 2 aromatic rings. The van der Waals surface area contributed by atoms with Crippen molar-refractivity contribution in [2.24, 2.45) is 7.05 Å². The molecule has 3 rings (SSSR count). The van der Waals surface area contributed by atoms with Crippen LogP contribution in [0.2, 0.25) is 0 Å². The molecule has 0 aliphatic carbocycles. The first-order valence-corrected chi connectivity index (χ1v) is 7.45. The van der Waals surface area contributed by atoms with E-state index in [9.17, 15) is 0 Å². The molecule has 0 aromatic carbocycles. The van der Waals surface area contributed by atoms with E-state index in [0.29, 0.717) is 5.92 Å². The summed E-state index contributed by atoms with van der Waals surface area (Å²) in [7, 11) is 1.99. The van der Waals surface area contributed by atoms with E-state index < -0.39 is 0 Å². The summed E-state index contributed by atoms with van der Waals surface area (Å²) in [5, 5.41) is 8.00. The molecule has 2 aromatic heterocycles. The molecule has 1 aliphatic heterocycles. The minimum Gasteiger partial charge on any atom is -0.311 e. The van der Waals surface area contributed by atoms with Gasteiger partial charge in [-0.3, -0.25) is 9.25 Å². The summed E-state index contributed by atoms with van der Waals surface area (Å²) in [6.07, 6.45) is 4.10. The smallest absolute Gasteiger partial charge is 0.116 e. The first-order chi connectivity index (χ1) is 9.61. The second-order valence-electron chi connectivity index (χ2n) is 5.77. The Morgan fingerprint density at radius 2 is 2.20 bits per heavy atom. The van der Waals surface area contributed by atoms with Crippen molar-refractivity contribution >= 4 is 0 Å². The van der Waals surface area contributed by atoms with Gasteiger partial charge in [-0.1, -0.05) is 20.8 Å². The van der Waals surface area contributed by atoms with Gasteiger partial charge in [0.25, 0.3) is 0 Å². The second-order valence-corrected chi connectivity index (χ2v) is 5.77. The van der Waals surface area contributed by atoms with Crippen LogP contribution in [-0.2, 0) is 26.4 Å². The van der Waals surface area contributed by atoms with Gasteiger partial charge in [0.05, 0.1) is 17.1 Å². The normalized spacial score (nSPS) is 14.8. The van der Waals surface area contributed by atoms with Gasteiger partial charge in [0, 0.05) is 44.4 Å². The van der Waals surface area contributed by atoms with Crippen molar-refractivity contribution in [2.45, 2.75) is 46.1 Å². The minimum absolute atomic E-state index is 0.408. The van der Waals surface area contributed by atoms with E-state index in [2.05, 4.69) is 42.0 Å². The van der Waals surface area contributed by atoms with Crippen LogP contribution in [-0.4, -0.2) is 25.9 Å². The van der Waals surface area contributed by atoms with Crippen LogP contribution in [0.25, 0.3) is 5.69 Å². The van der Waals surface area contributed by atoms with Crippen LogP contribution in [0.5, 0.6) is 0 Å². The lowest BCUT2D eigenvalue weighted by atomic mass is 10.1. The van der Waals surface area contributed by atoms with Gasteiger partial charge in [-0.2, -0.15) is 5.10 Å². The average Bonchev–Trinajstić information content (AvgIpc) is 2.98. The monoisotopic (exact) mass is 273 g/mol. The van der Waals surface area contributed by atoms with Crippen LogP contribution < -0.4 is 5.32 Å². The predicted molar refractivity (Wildman–Crippen MR) is 79.2 cm³/mol. The number of fused-ring (bicyclic) bond motifs is 1. The maximum atomic E-state index is 4.87. The van der Waals surface area contributed by atoms with Crippen molar-refractivity contribution in [3.8, 4) is 5.69 Å². The van der Waals surface area contributed by atoms with E-state index in [0.717, 1.165) is 37.4 Å². The van der Waals surface area contributed by atoms with Crippen molar-refractivity contribution in [3.05, 3.63) is 29.1 Å². The number of nitrogens with one attached hydrogen (secondary N) is 1. The zero-order chi connectivity index (χ0) is 14.3. The van der Waals surface area contributed by atoms with Gasteiger partial charge in [0.15, 0.2) is 0 Å². The van der Waals surface area contributed by atoms with Crippen LogP contribution in [0.15, 0.2) is 6.20 Å². The largest absolute Gasteiger partial charge is 0.311 e. The van der Waals surface area contributed by atoms with Gasteiger partial charge in [-0.15, -0.1) is 0 Å². The van der Waals surface area contributed by atoms with Crippen molar-refractivity contribution < 1.29 is 0 Å². The predicted octanol–water partition coefficient (Wildman–Crippen LogP) is 1.94. The molecular weight excluding hydrogens is 250 g/mol. The third kappa shape index (κ3) is 2.06. The molecule has 0 unspecified atom stereocenters. The molecule has 3 heterocycles. The third-order valence-electron chi connectivity index (χ3n) is 3.89. The van der Waals surface area contributed by atoms with Crippen molar-refractivity contribution in [1.82, 2.24) is 24.6 Å². The summed E-state index contributed by atoms with van der Waals surface area (Å²) in [5.74, 6) is 1.56. The Kier molecular flexibility index (Phi) is 3.38. The van der Waals surface area contributed by atoms with E-state index in [4.69, 9.17) is 4.98 Å². The molecule has 5 heteroatoms. The molecule has 0 spiro atoms. The fraction of sp³-hybridized carbons (Fsp3) is 0.600. The molecule has 0 bridgehead atoms. The molecule has 108 valence electrons. The van der Waals surface area contributed by atoms with Crippen molar-refractivity contribution in [3.63, 3.8) is 0 Å². The molecule has 1 aliphatic rings. The Morgan fingerprint density at radius 1 is 1.40 bits per heavy atom. The highest BCUT2D eigenvalue weighted by Gasteiger charge is 2.24. The lowest BCUT2D eigenvalue weighted by Crippen LogP contribution is -2.25. The first kappa shape index (κ1) is 13.4. The standard InChI is InChI=1S/C15H23N5/c1-5-11-14(9-19(4)18-11)20-13-6-7-16-8-12(13)17-15(20)10(2)3/h9-10,16H,5-8H2,1-4H3. The van der Waals surface area contributed by atoms with Crippen LogP contribution in [0, 0.1) is 0 Å². The van der Waals surface area contributed by atoms with Gasteiger partial charge >= 0.3 is 0 Å². The summed E-state index contributed by atoms with van der Waals surface area (Å²) in [5.41, 5.74) is 4.91. The van der Waals surface area contributed by atoms with E-state index in [1.807, 2.05) is 11.7 Å². The lowest BCUT2D eigenvalue weighted by Gasteiger charge is -2.16. The highest BCUT2D eigenvalue weighted by atomic mass is 15.3. The number of nitrogens with zero attached hydrogens (tertiary/aromatic N) is 4. The van der Waals surface area contributed by atoms with Gasteiger partial charge < -0.3 is 5.32 Å². The molecule has 0 amide bonds. The Balaban J connectivity index is 2.22. The first-order valence-electron chi connectivity index (χ1n) is 7.45. The number of aryl methyl sites for hydroxylation is 2. The highest BCUT2D eigenvalue weighted by molar-refractivity contribution is 5.41. The SMILES string of the molecule is CCc1nn(C)cc1-n1c(C(C)C)nc2c1CCNC2. The van der Waals surface area contributed by atoms with Crippen molar-refractivity contribution in [2.75, 3.05) is 6.54 Å². The summed E-state index contributed by atoms with van der Waals surface area (Å²) in [4.78, 5) is 4.87. The fourth-order valence-corrected chi connectivity index (χ4v) is 2.95. The van der Waals surface area contributed by atoms with Gasteiger partial charge in [-0.25, -0.2) is 4.98 Å². The number of hydrogen-bond acceptors (Lipinski definition) is 3. The summed E-state index contributed by atoms with van der Waals surface area (Å²) in [6, 6.07) is 0. The number of rotatable bonds is 3. The molecule has 0 atom stereocenters. The Labute approximate surface area is 120 Å². The zero-order valence-electron chi connectivity index (χ0n) is 12.8. The number of imidazole rings is 1. The molecular formula is C15H23N5. The third-order valence-corrected chi connectivity index (χ3v) is 3.89. The van der Waals surface area contributed by atoms with E-state index >= 15 is 0 Å². The molecule has 0 saturated carbocycles. The Bertz CT molecular complexity index is 620. The molecule has 1 N–H and O–H groups in total. The van der Waals surface area contributed by atoms with Crippen molar-refractivity contribution in [1.29, 1.82) is 0 Å². The molecule has 0 saturated heterocycles. The lowest BCUT2D eigenvalue weighted by molar-refractivity contribution is 0.619. The summed E-state index contributed by atoms with van der Waals surface area (Å²) >= 11 is 0. The zero-order valence-corrected chi connectivity index (χ0v) is 12.8. The highest BCUT2D eigenvalue weighted by Crippen LogP contribution is 2.27. The second kappa shape index (κ2) is 5.05. The molecule has 0 fully saturated rings. The van der Waals surface area contributed by atoms with Crippen LogP contribution in [0.4, 0.5) is 0 Å². The van der Waals surface area contributed by atoms with E-state index in [1.54, 1.807) is 0 Å². The number of hydrogen-bond donors (Lipinski definition) is 1. The summed E-state index contributed by atoms with van der Waals surface area (Å²) < 4.78 is 4.26. The van der Waals surface area contributed by atoms with Gasteiger partial charge in [-0.05, 0) is 6.42 Å². The van der Waals surface area contributed by atoms with Gasteiger partial charge in [0.2, 0.25) is 0 Å². The minimum atomic E-state index is 0.408. The van der Waals surface area contributed by atoms with Crippen LogP contribution >= 0.6 is 0 Å². The Morgan fingerprint density at radius 3 is 2.90 bits per heavy atom. The van der Waals surface area contributed by atoms with Crippen LogP contribution in [0.1, 0.15) is 49.6 Å². The fourth-order valence-electron chi connectivity index (χ4n) is 2.95. The van der Waals surface area contributed by atoms with Crippen LogP contribution in [0.3, 0.4) is 0 Å². The van der Waals surface area contributed by atoms with E-state index in [-0.39, 0.29) is 0 Å². The summed E-state index contributed by atoms with van der Waals surface area (Å²) in [6.45, 7) is 8.48. The molecule has 0 radical (unpaired) electrons. The Hall–Kier alpha value is -1.62.